The molecule has 1 aromatic heterocycles. The Kier molecular flexibility index (Phi) is 8.54. The largest absolute Gasteiger partial charge is 0.490 e. The van der Waals surface area contributed by atoms with Gasteiger partial charge in [0.15, 0.2) is 0 Å². The third kappa shape index (κ3) is 6.95. The molecular weight excluding hydrogens is 541 g/mol. The van der Waals surface area contributed by atoms with Gasteiger partial charge in [0.2, 0.25) is 11.9 Å². The standard InChI is InChI=1S/C12H16F2N3O14P3/c1-6(29-33(24,25)31-34(26,27)30-32(21,22)23)8-9(19)12(14,3-2-4-13)10(28-8)17-11(20)16-7(18)5-15-17/h5-6,8-10,19H,4H2,1H3,(H,24,25)(H,26,27)(H,16,18,20)(H2,21,22,23)/t6-,8-,9+,10-,12?/m1/s1. The molecular formula is C12H16F2N3O14P3. The fourth-order valence-corrected chi connectivity index (χ4v) is 5.91. The lowest BCUT2D eigenvalue weighted by Gasteiger charge is -2.25. The van der Waals surface area contributed by atoms with E-state index in [0.717, 1.165) is 6.92 Å². The first kappa shape index (κ1) is 28.6. The molecule has 0 radical (unpaired) electrons. The average Bonchev–Trinajstić information content (AvgIpc) is 2.88. The highest BCUT2D eigenvalue weighted by atomic mass is 31.3. The van der Waals surface area contributed by atoms with Gasteiger partial charge >= 0.3 is 29.2 Å². The summed E-state index contributed by atoms with van der Waals surface area (Å²) in [5.74, 6) is 3.37. The van der Waals surface area contributed by atoms with Crippen LogP contribution < -0.4 is 11.2 Å². The van der Waals surface area contributed by atoms with E-state index < -0.39 is 71.6 Å². The van der Waals surface area contributed by atoms with Crippen molar-refractivity contribution >= 4 is 23.5 Å². The lowest BCUT2D eigenvalue weighted by Crippen LogP contribution is -2.47. The number of halogens is 2. The molecule has 1 aliphatic heterocycles. The van der Waals surface area contributed by atoms with Gasteiger partial charge in [-0.25, -0.2) is 27.3 Å². The number of aliphatic hydroxyl groups is 1. The van der Waals surface area contributed by atoms with E-state index in [-0.39, 0.29) is 4.68 Å². The second kappa shape index (κ2) is 10.2. The van der Waals surface area contributed by atoms with E-state index in [1.165, 1.54) is 0 Å². The summed E-state index contributed by atoms with van der Waals surface area (Å²) in [6.45, 7) is -0.554. The number of alkyl halides is 2. The second-order valence-corrected chi connectivity index (χ2v) is 10.8. The van der Waals surface area contributed by atoms with Crippen LogP contribution in [0, 0.1) is 11.8 Å². The van der Waals surface area contributed by atoms with Gasteiger partial charge in [0.25, 0.3) is 5.56 Å². The second-order valence-electron chi connectivity index (χ2n) is 6.39. The summed E-state index contributed by atoms with van der Waals surface area (Å²) in [7, 11) is -17.3. The van der Waals surface area contributed by atoms with Crippen molar-refractivity contribution in [3.05, 3.63) is 27.0 Å². The number of rotatable bonds is 8. The fourth-order valence-electron chi connectivity index (χ4n) is 2.71. The van der Waals surface area contributed by atoms with Gasteiger partial charge in [0.05, 0.1) is 6.10 Å². The molecule has 34 heavy (non-hydrogen) atoms. The molecule has 0 aromatic carbocycles. The van der Waals surface area contributed by atoms with Crippen LogP contribution in [0.25, 0.3) is 0 Å². The van der Waals surface area contributed by atoms with Gasteiger partial charge in [0.1, 0.15) is 25.1 Å². The highest BCUT2D eigenvalue weighted by Gasteiger charge is 2.60. The number of hydrogen-bond donors (Lipinski definition) is 6. The summed E-state index contributed by atoms with van der Waals surface area (Å²) in [5, 5.41) is 13.7. The highest BCUT2D eigenvalue weighted by Crippen LogP contribution is 2.66. The Hall–Kier alpha value is -1.64. The van der Waals surface area contributed by atoms with Crippen LogP contribution in [0.3, 0.4) is 0 Å². The monoisotopic (exact) mass is 557 g/mol. The first-order valence-corrected chi connectivity index (χ1v) is 13.0. The van der Waals surface area contributed by atoms with Crippen molar-refractivity contribution < 1.29 is 65.0 Å². The van der Waals surface area contributed by atoms with Crippen LogP contribution in [-0.2, 0) is 31.6 Å². The van der Waals surface area contributed by atoms with Crippen LogP contribution in [0.5, 0.6) is 0 Å². The molecule has 0 spiro atoms. The van der Waals surface area contributed by atoms with E-state index in [4.69, 9.17) is 14.5 Å². The molecule has 192 valence electrons. The number of hydrogen-bond acceptors (Lipinski definition) is 11. The molecule has 1 aliphatic rings. The molecule has 6 N–H and O–H groups in total. The summed E-state index contributed by atoms with van der Waals surface area (Å²) in [6.07, 6.45) is -8.13. The number of phosphoric ester groups is 1. The van der Waals surface area contributed by atoms with E-state index >= 15 is 4.39 Å². The van der Waals surface area contributed by atoms with Gasteiger partial charge in [0, 0.05) is 0 Å². The lowest BCUT2D eigenvalue weighted by molar-refractivity contribution is -0.0829. The number of aromatic amines is 1. The molecule has 3 unspecified atom stereocenters. The maximum absolute atomic E-state index is 15.6. The van der Waals surface area contributed by atoms with Crippen LogP contribution in [0.2, 0.25) is 0 Å². The third-order valence-electron chi connectivity index (χ3n) is 3.87. The fraction of sp³-hybridized carbons (Fsp3) is 0.583. The molecule has 1 aromatic rings. The number of nitrogens with one attached hydrogen (secondary N) is 1. The summed E-state index contributed by atoms with van der Waals surface area (Å²) in [4.78, 5) is 60.7. The smallest absolute Gasteiger partial charge is 0.386 e. The van der Waals surface area contributed by atoms with Crippen molar-refractivity contribution in [2.45, 2.75) is 37.1 Å². The van der Waals surface area contributed by atoms with Gasteiger partial charge < -0.3 is 29.4 Å². The predicted octanol–water partition coefficient (Wildman–Crippen LogP) is -1.40. The number of phosphoric acid groups is 3. The Bertz CT molecular complexity index is 1240. The number of ether oxygens (including phenoxy) is 1. The third-order valence-corrected chi connectivity index (χ3v) is 7.80. The summed E-state index contributed by atoms with van der Waals surface area (Å²) in [6, 6.07) is 0. The van der Waals surface area contributed by atoms with Crippen LogP contribution in [0.4, 0.5) is 8.78 Å². The molecule has 0 amide bonds. The van der Waals surface area contributed by atoms with Crippen LogP contribution in [0.15, 0.2) is 15.8 Å². The zero-order valence-corrected chi connectivity index (χ0v) is 19.2. The maximum Gasteiger partial charge on any atom is 0.490 e. The van der Waals surface area contributed by atoms with Crippen molar-refractivity contribution in [3.63, 3.8) is 0 Å². The van der Waals surface area contributed by atoms with Crippen molar-refractivity contribution in [3.8, 4) is 11.8 Å². The summed E-state index contributed by atoms with van der Waals surface area (Å²) < 4.78 is 79.1. The van der Waals surface area contributed by atoms with E-state index in [0.29, 0.717) is 6.20 Å². The molecule has 0 saturated carbocycles. The molecule has 2 heterocycles. The first-order valence-electron chi connectivity index (χ1n) is 8.49. The minimum absolute atomic E-state index is 0.190. The van der Waals surface area contributed by atoms with E-state index in [1.54, 1.807) is 16.8 Å². The van der Waals surface area contributed by atoms with Crippen molar-refractivity contribution in [1.82, 2.24) is 14.8 Å². The molecule has 1 fully saturated rings. The molecule has 17 nitrogen and oxygen atoms in total. The molecule has 0 bridgehead atoms. The molecule has 22 heteroatoms. The Morgan fingerprint density at radius 2 is 1.88 bits per heavy atom. The van der Waals surface area contributed by atoms with Crippen molar-refractivity contribution in [2.24, 2.45) is 0 Å². The first-order chi connectivity index (χ1) is 15.4. The minimum Gasteiger partial charge on any atom is -0.386 e. The summed E-state index contributed by atoms with van der Waals surface area (Å²) >= 11 is 0. The number of nitrogens with zero attached hydrogens (tertiary/aromatic N) is 2. The molecule has 7 atom stereocenters. The van der Waals surface area contributed by atoms with Gasteiger partial charge in [-0.1, -0.05) is 11.8 Å². The van der Waals surface area contributed by atoms with Crippen molar-refractivity contribution in [1.29, 1.82) is 0 Å². The van der Waals surface area contributed by atoms with E-state index in [2.05, 4.69) is 18.2 Å². The van der Waals surface area contributed by atoms with Crippen LogP contribution >= 0.6 is 23.5 Å². The Labute approximate surface area is 186 Å². The van der Waals surface area contributed by atoms with Crippen LogP contribution in [0.1, 0.15) is 13.2 Å². The normalized spacial score (nSPS) is 29.5. The zero-order chi connectivity index (χ0) is 26.1. The Morgan fingerprint density at radius 3 is 2.41 bits per heavy atom. The van der Waals surface area contributed by atoms with Gasteiger partial charge in [-0.2, -0.15) is 18.4 Å². The van der Waals surface area contributed by atoms with E-state index in [9.17, 15) is 42.6 Å². The minimum atomic E-state index is -5.88. The summed E-state index contributed by atoms with van der Waals surface area (Å²) in [5.41, 5.74) is -5.63. The topological polar surface area (TPSA) is 257 Å². The molecule has 0 aliphatic carbocycles. The highest BCUT2D eigenvalue weighted by molar-refractivity contribution is 7.66. The van der Waals surface area contributed by atoms with Gasteiger partial charge in [-0.15, -0.1) is 0 Å². The predicted molar refractivity (Wildman–Crippen MR) is 101 cm³/mol. The Balaban J connectivity index is 2.35. The lowest BCUT2D eigenvalue weighted by atomic mass is 9.94. The average molecular weight is 557 g/mol. The van der Waals surface area contributed by atoms with Crippen LogP contribution in [-0.4, -0.2) is 70.1 Å². The maximum atomic E-state index is 15.6. The molecule has 1 saturated heterocycles. The quantitative estimate of drug-likeness (QED) is 0.159. The number of H-pyrrole nitrogens is 1. The van der Waals surface area contributed by atoms with Crippen molar-refractivity contribution in [2.75, 3.05) is 6.67 Å². The van der Waals surface area contributed by atoms with Gasteiger partial charge in [-0.05, 0) is 6.92 Å². The number of aromatic nitrogens is 3. The van der Waals surface area contributed by atoms with E-state index in [1.807, 2.05) is 0 Å². The number of aliphatic hydroxyl groups excluding tert-OH is 1. The Morgan fingerprint density at radius 1 is 1.26 bits per heavy atom. The SMILES string of the molecule is C[C@@H](OP(=O)(O)OP(=O)(O)OP(=O)(O)O)[C@H]1O[C@@H](n2ncc(=O)[nH]c2=O)C(F)(C#CCF)[C@H]1O. The zero-order valence-electron chi connectivity index (χ0n) is 16.5. The molecule has 2 rings (SSSR count). The van der Waals surface area contributed by atoms with Gasteiger partial charge in [-0.3, -0.25) is 14.3 Å².